The van der Waals surface area contributed by atoms with Crippen molar-refractivity contribution in [2.75, 3.05) is 0 Å². The number of hydrogen-bond donors (Lipinski definition) is 0. The Morgan fingerprint density at radius 2 is 1.88 bits per heavy atom. The Kier molecular flexibility index (Phi) is 3.17. The zero-order valence-corrected chi connectivity index (χ0v) is 10.0. The predicted octanol–water partition coefficient (Wildman–Crippen LogP) is 3.77. The lowest BCUT2D eigenvalue weighted by Gasteiger charge is -2.24. The maximum Gasteiger partial charge on any atom is 0.146 e. The molecular weight excluding hydrogens is 243 g/mol. The number of carbonyl (C=O) groups is 1. The molecule has 1 aromatic carbocycles. The van der Waals surface area contributed by atoms with Gasteiger partial charge in [-0.3, -0.25) is 0 Å². The second kappa shape index (κ2) is 4.44. The van der Waals surface area contributed by atoms with Crippen molar-refractivity contribution in [3.8, 4) is 0 Å². The molecule has 1 aromatic rings. The highest BCUT2D eigenvalue weighted by atomic mass is 35.5. The van der Waals surface area contributed by atoms with Crippen LogP contribution in [0.2, 0.25) is 0 Å². The zero-order valence-electron chi connectivity index (χ0n) is 8.49. The molecule has 1 unspecified atom stereocenters. The molecule has 2 rings (SSSR count). The summed E-state index contributed by atoms with van der Waals surface area (Å²) in [7, 11) is 0. The van der Waals surface area contributed by atoms with Crippen molar-refractivity contribution in [2.24, 2.45) is 0 Å². The Labute approximate surface area is 104 Å². The molecule has 0 saturated carbocycles. The summed E-state index contributed by atoms with van der Waals surface area (Å²) in [6, 6.07) is 9.82. The van der Waals surface area contributed by atoms with Gasteiger partial charge in [-0.2, -0.15) is 0 Å². The van der Waals surface area contributed by atoms with Gasteiger partial charge in [-0.25, -0.2) is 0 Å². The number of hydrogen-bond acceptors (Lipinski definition) is 1. The molecular formula is C13H10Cl2O. The molecule has 16 heavy (non-hydrogen) atoms. The Hall–Kier alpha value is -1.05. The molecule has 0 N–H and O–H groups in total. The fourth-order valence-corrected chi connectivity index (χ4v) is 2.06. The monoisotopic (exact) mass is 252 g/mol. The Morgan fingerprint density at radius 3 is 2.50 bits per heavy atom. The van der Waals surface area contributed by atoms with Gasteiger partial charge in [0.15, 0.2) is 0 Å². The minimum Gasteiger partial charge on any atom is -0.301 e. The lowest BCUT2D eigenvalue weighted by molar-refractivity contribution is -0.109. The SMILES string of the molecule is O=CC1(Cl)CC(c2ccccc2)=CC=C1Cl. The summed E-state index contributed by atoms with van der Waals surface area (Å²) in [6.07, 6.45) is 4.72. The van der Waals surface area contributed by atoms with E-state index in [0.717, 1.165) is 11.1 Å². The second-order valence-corrected chi connectivity index (χ2v) is 4.81. The van der Waals surface area contributed by atoms with E-state index >= 15 is 0 Å². The minimum absolute atomic E-state index is 0.379. The second-order valence-electron chi connectivity index (χ2n) is 3.73. The minimum atomic E-state index is -1.10. The van der Waals surface area contributed by atoms with Crippen LogP contribution in [0.5, 0.6) is 0 Å². The maximum atomic E-state index is 11.0. The summed E-state index contributed by atoms with van der Waals surface area (Å²) >= 11 is 12.1. The van der Waals surface area contributed by atoms with Crippen molar-refractivity contribution in [1.82, 2.24) is 0 Å². The number of alkyl halides is 1. The number of allylic oxidation sites excluding steroid dienone is 4. The highest BCUT2D eigenvalue weighted by molar-refractivity contribution is 6.45. The first-order valence-corrected chi connectivity index (χ1v) is 5.69. The van der Waals surface area contributed by atoms with Crippen LogP contribution in [0.25, 0.3) is 5.57 Å². The molecule has 0 aliphatic heterocycles. The van der Waals surface area contributed by atoms with Crippen LogP contribution in [0.1, 0.15) is 12.0 Å². The Bertz CT molecular complexity index is 462. The van der Waals surface area contributed by atoms with E-state index in [4.69, 9.17) is 23.2 Å². The van der Waals surface area contributed by atoms with Gasteiger partial charge >= 0.3 is 0 Å². The standard InChI is InChI=1S/C13H10Cl2O/c14-12-7-6-11(8-13(12,15)9-16)10-4-2-1-3-5-10/h1-7,9H,8H2. The molecule has 0 amide bonds. The van der Waals surface area contributed by atoms with Crippen LogP contribution < -0.4 is 0 Å². The summed E-state index contributed by atoms with van der Waals surface area (Å²) in [5.74, 6) is 0. The van der Waals surface area contributed by atoms with Crippen LogP contribution in [0, 0.1) is 0 Å². The first-order valence-electron chi connectivity index (χ1n) is 4.93. The van der Waals surface area contributed by atoms with Gasteiger partial charge in [0.2, 0.25) is 0 Å². The molecule has 1 aliphatic carbocycles. The van der Waals surface area contributed by atoms with Crippen molar-refractivity contribution < 1.29 is 4.79 Å². The number of benzene rings is 1. The molecule has 1 nitrogen and oxygen atoms in total. The van der Waals surface area contributed by atoms with Gasteiger partial charge < -0.3 is 4.79 Å². The van der Waals surface area contributed by atoms with Crippen LogP contribution >= 0.6 is 23.2 Å². The number of rotatable bonds is 2. The van der Waals surface area contributed by atoms with E-state index in [1.54, 1.807) is 6.08 Å². The maximum absolute atomic E-state index is 11.0. The fourth-order valence-electron chi connectivity index (χ4n) is 1.68. The number of aldehydes is 1. The van der Waals surface area contributed by atoms with E-state index in [2.05, 4.69) is 0 Å². The fraction of sp³-hybridized carbons (Fsp3) is 0.154. The lowest BCUT2D eigenvalue weighted by Crippen LogP contribution is -2.26. The van der Waals surface area contributed by atoms with Crippen LogP contribution in [-0.2, 0) is 4.79 Å². The number of halogens is 2. The first-order chi connectivity index (χ1) is 7.65. The Morgan fingerprint density at radius 1 is 1.19 bits per heavy atom. The average molecular weight is 253 g/mol. The van der Waals surface area contributed by atoms with Crippen molar-refractivity contribution >= 4 is 35.1 Å². The van der Waals surface area contributed by atoms with Crippen LogP contribution in [0.4, 0.5) is 0 Å². The number of carbonyl (C=O) groups excluding carboxylic acids is 1. The molecule has 0 aromatic heterocycles. The predicted molar refractivity (Wildman–Crippen MR) is 67.6 cm³/mol. The van der Waals surface area contributed by atoms with Crippen molar-refractivity contribution in [3.05, 3.63) is 53.1 Å². The van der Waals surface area contributed by atoms with Gasteiger partial charge in [0.25, 0.3) is 0 Å². The highest BCUT2D eigenvalue weighted by Crippen LogP contribution is 2.39. The van der Waals surface area contributed by atoms with Crippen molar-refractivity contribution in [2.45, 2.75) is 11.3 Å². The average Bonchev–Trinajstić information content (AvgIpc) is 2.34. The molecule has 0 radical (unpaired) electrons. The Balaban J connectivity index is 2.37. The van der Waals surface area contributed by atoms with Gasteiger partial charge in [0, 0.05) is 11.5 Å². The lowest BCUT2D eigenvalue weighted by atomic mass is 9.90. The normalized spacial score (nSPS) is 24.6. The summed E-state index contributed by atoms with van der Waals surface area (Å²) in [5.41, 5.74) is 2.09. The van der Waals surface area contributed by atoms with Gasteiger partial charge in [-0.05, 0) is 17.2 Å². The molecule has 1 atom stereocenters. The largest absolute Gasteiger partial charge is 0.301 e. The molecule has 0 saturated heterocycles. The van der Waals surface area contributed by atoms with Gasteiger partial charge in [0.1, 0.15) is 11.2 Å². The quantitative estimate of drug-likeness (QED) is 0.579. The van der Waals surface area contributed by atoms with Crippen molar-refractivity contribution in [3.63, 3.8) is 0 Å². The molecule has 0 bridgehead atoms. The molecule has 0 spiro atoms. The van der Waals surface area contributed by atoms with E-state index in [1.165, 1.54) is 0 Å². The zero-order chi connectivity index (χ0) is 11.6. The molecule has 3 heteroatoms. The summed E-state index contributed by atoms with van der Waals surface area (Å²) in [5, 5.41) is 0.379. The molecule has 82 valence electrons. The molecule has 1 aliphatic rings. The topological polar surface area (TPSA) is 17.1 Å². The van der Waals surface area contributed by atoms with E-state index in [1.807, 2.05) is 36.4 Å². The van der Waals surface area contributed by atoms with E-state index in [9.17, 15) is 4.79 Å². The smallest absolute Gasteiger partial charge is 0.146 e. The van der Waals surface area contributed by atoms with Crippen LogP contribution in [0.15, 0.2) is 47.5 Å². The molecule has 0 fully saturated rings. The van der Waals surface area contributed by atoms with Gasteiger partial charge in [-0.1, -0.05) is 48.0 Å². The molecule has 0 heterocycles. The van der Waals surface area contributed by atoms with Crippen LogP contribution in [-0.4, -0.2) is 11.2 Å². The summed E-state index contributed by atoms with van der Waals surface area (Å²) in [6.45, 7) is 0. The van der Waals surface area contributed by atoms with E-state index in [-0.39, 0.29) is 0 Å². The highest BCUT2D eigenvalue weighted by Gasteiger charge is 2.34. The van der Waals surface area contributed by atoms with E-state index in [0.29, 0.717) is 17.7 Å². The third-order valence-electron chi connectivity index (χ3n) is 2.61. The van der Waals surface area contributed by atoms with Gasteiger partial charge in [0.05, 0.1) is 0 Å². The van der Waals surface area contributed by atoms with Crippen LogP contribution in [0.3, 0.4) is 0 Å². The van der Waals surface area contributed by atoms with E-state index < -0.39 is 4.87 Å². The van der Waals surface area contributed by atoms with Crippen molar-refractivity contribution in [1.29, 1.82) is 0 Å². The van der Waals surface area contributed by atoms with Gasteiger partial charge in [-0.15, -0.1) is 11.6 Å². The summed E-state index contributed by atoms with van der Waals surface area (Å²) in [4.78, 5) is 9.89. The third kappa shape index (κ3) is 2.06. The third-order valence-corrected chi connectivity index (χ3v) is 3.59. The first kappa shape index (κ1) is 11.4. The summed E-state index contributed by atoms with van der Waals surface area (Å²) < 4.78 is 0.